The maximum atomic E-state index is 12.1. The number of aromatic nitrogens is 2. The maximum absolute atomic E-state index is 12.1. The number of hydrogen-bond donors (Lipinski definition) is 0. The van der Waals surface area contributed by atoms with Gasteiger partial charge < -0.3 is 9.64 Å². The lowest BCUT2D eigenvalue weighted by atomic mass is 9.77. The first-order valence-electron chi connectivity index (χ1n) is 10.3. The van der Waals surface area contributed by atoms with Gasteiger partial charge in [0, 0.05) is 51.1 Å². The number of carbonyl (C=O) groups excluding carboxylic acids is 1. The van der Waals surface area contributed by atoms with E-state index >= 15 is 0 Å². The molecule has 1 amide bonds. The van der Waals surface area contributed by atoms with Gasteiger partial charge in [-0.2, -0.15) is 5.10 Å². The quantitative estimate of drug-likeness (QED) is 0.726. The molecule has 1 aromatic carbocycles. The van der Waals surface area contributed by atoms with Crippen molar-refractivity contribution in [1.82, 2.24) is 19.6 Å². The molecule has 1 aromatic heterocycles. The lowest BCUT2D eigenvalue weighted by Gasteiger charge is -2.38. The Morgan fingerprint density at radius 2 is 1.97 bits per heavy atom. The normalized spacial score (nSPS) is 27.0. The fourth-order valence-corrected chi connectivity index (χ4v) is 4.92. The average molecular weight is 417 g/mol. The Balaban J connectivity index is 1.44. The Morgan fingerprint density at radius 3 is 2.66 bits per heavy atom. The number of rotatable bonds is 6. The van der Waals surface area contributed by atoms with Crippen molar-refractivity contribution >= 4 is 17.5 Å². The first kappa shape index (κ1) is 20.4. The van der Waals surface area contributed by atoms with Gasteiger partial charge in [-0.1, -0.05) is 29.8 Å². The second-order valence-electron chi connectivity index (χ2n) is 8.47. The molecule has 0 radical (unpaired) electrons. The molecule has 0 spiro atoms. The second-order valence-corrected chi connectivity index (χ2v) is 8.88. The molecule has 29 heavy (non-hydrogen) atoms. The maximum Gasteiger partial charge on any atom is 0.248 e. The van der Waals surface area contributed by atoms with Crippen molar-refractivity contribution in [1.29, 1.82) is 0 Å². The van der Waals surface area contributed by atoms with Crippen molar-refractivity contribution in [3.63, 3.8) is 0 Å². The zero-order valence-electron chi connectivity index (χ0n) is 17.1. The zero-order valence-corrected chi connectivity index (χ0v) is 17.8. The van der Waals surface area contributed by atoms with Crippen LogP contribution in [0, 0.1) is 11.8 Å². The third kappa shape index (κ3) is 4.65. The Kier molecular flexibility index (Phi) is 6.23. The van der Waals surface area contributed by atoms with Crippen molar-refractivity contribution in [2.24, 2.45) is 11.8 Å². The third-order valence-corrected chi connectivity index (χ3v) is 6.67. The first-order chi connectivity index (χ1) is 14.0. The van der Waals surface area contributed by atoms with Gasteiger partial charge in [-0.25, -0.2) is 0 Å². The number of nitrogens with zero attached hydrogens (tertiary/aromatic N) is 4. The van der Waals surface area contributed by atoms with Crippen molar-refractivity contribution in [3.8, 4) is 0 Å². The molecule has 1 saturated heterocycles. The molecule has 1 aliphatic heterocycles. The van der Waals surface area contributed by atoms with Gasteiger partial charge in [-0.3, -0.25) is 14.4 Å². The molecule has 0 bridgehead atoms. The van der Waals surface area contributed by atoms with Crippen LogP contribution in [0.5, 0.6) is 0 Å². The summed E-state index contributed by atoms with van der Waals surface area (Å²) < 4.78 is 8.14. The lowest BCUT2D eigenvalue weighted by molar-refractivity contribution is -0.138. The highest BCUT2D eigenvalue weighted by molar-refractivity contribution is 6.31. The summed E-state index contributed by atoms with van der Waals surface area (Å²) in [5, 5.41) is 5.31. The fraction of sp³-hybridized carbons (Fsp3) is 0.545. The highest BCUT2D eigenvalue weighted by Crippen LogP contribution is 2.42. The van der Waals surface area contributed by atoms with Crippen LogP contribution in [-0.2, 0) is 16.1 Å². The van der Waals surface area contributed by atoms with Gasteiger partial charge >= 0.3 is 0 Å². The van der Waals surface area contributed by atoms with Crippen LogP contribution in [-0.4, -0.2) is 65.4 Å². The minimum Gasteiger partial charge on any atom is -0.366 e. The van der Waals surface area contributed by atoms with Gasteiger partial charge in [-0.05, 0) is 42.4 Å². The third-order valence-electron chi connectivity index (χ3n) is 6.30. The molecule has 7 heteroatoms. The van der Waals surface area contributed by atoms with Crippen LogP contribution < -0.4 is 0 Å². The molecule has 156 valence electrons. The van der Waals surface area contributed by atoms with Gasteiger partial charge in [-0.15, -0.1) is 0 Å². The van der Waals surface area contributed by atoms with Crippen LogP contribution in [0.25, 0.3) is 0 Å². The van der Waals surface area contributed by atoms with E-state index in [1.54, 1.807) is 19.0 Å². The van der Waals surface area contributed by atoms with E-state index in [1.807, 2.05) is 41.3 Å². The summed E-state index contributed by atoms with van der Waals surface area (Å²) in [4.78, 5) is 16.1. The molecule has 4 rings (SSSR count). The molecule has 2 heterocycles. The molecule has 6 nitrogen and oxygen atoms in total. The molecule has 2 aliphatic rings. The van der Waals surface area contributed by atoms with E-state index in [-0.39, 0.29) is 24.7 Å². The number of fused-ring (bicyclic) bond motifs is 1. The van der Waals surface area contributed by atoms with Crippen LogP contribution in [0.3, 0.4) is 0 Å². The van der Waals surface area contributed by atoms with E-state index in [4.69, 9.17) is 16.3 Å². The van der Waals surface area contributed by atoms with E-state index in [0.29, 0.717) is 11.8 Å². The molecular weight excluding hydrogens is 388 g/mol. The van der Waals surface area contributed by atoms with E-state index in [2.05, 4.69) is 16.1 Å². The fourth-order valence-electron chi connectivity index (χ4n) is 4.73. The van der Waals surface area contributed by atoms with Gasteiger partial charge in [0.2, 0.25) is 5.91 Å². The minimum atomic E-state index is -0.00175. The van der Waals surface area contributed by atoms with E-state index < -0.39 is 0 Å². The molecule has 1 aliphatic carbocycles. The number of benzene rings is 1. The van der Waals surface area contributed by atoms with Gasteiger partial charge in [0.1, 0.15) is 6.61 Å². The second kappa shape index (κ2) is 8.86. The topological polar surface area (TPSA) is 50.6 Å². The van der Waals surface area contributed by atoms with Crippen LogP contribution in [0.1, 0.15) is 24.4 Å². The predicted octanol–water partition coefficient (Wildman–Crippen LogP) is 3.09. The van der Waals surface area contributed by atoms with Gasteiger partial charge in [0.15, 0.2) is 0 Å². The van der Waals surface area contributed by atoms with Crippen molar-refractivity contribution in [3.05, 3.63) is 53.3 Å². The highest BCUT2D eigenvalue weighted by Gasteiger charge is 2.43. The standard InChI is InChI=1S/C22H29ClN4O2/c1-25(2)22(28)15-29-21-11-18-14-26(12-16-6-3-4-7-19(16)23)13-17(18)10-20(21)27-9-5-8-24-27/h3-9,17-18,20-21H,10-15H2,1-2H3/t17-,18+,20-,21-/m0/s1. The number of ether oxygens (including phenoxy) is 1. The number of halogens is 1. The summed E-state index contributed by atoms with van der Waals surface area (Å²) in [7, 11) is 3.52. The molecule has 2 aromatic rings. The molecule has 1 saturated carbocycles. The monoisotopic (exact) mass is 416 g/mol. The number of amides is 1. The summed E-state index contributed by atoms with van der Waals surface area (Å²) in [6.07, 6.45) is 5.79. The largest absolute Gasteiger partial charge is 0.366 e. The number of hydrogen-bond acceptors (Lipinski definition) is 4. The van der Waals surface area contributed by atoms with E-state index in [9.17, 15) is 4.79 Å². The van der Waals surface area contributed by atoms with Crippen LogP contribution >= 0.6 is 11.6 Å². The Bertz CT molecular complexity index is 826. The van der Waals surface area contributed by atoms with Crippen LogP contribution in [0.4, 0.5) is 0 Å². The predicted molar refractivity (Wildman–Crippen MR) is 113 cm³/mol. The summed E-state index contributed by atoms with van der Waals surface area (Å²) in [6, 6.07) is 10.2. The SMILES string of the molecule is CN(C)C(=O)CO[C@H]1C[C@@H]2CN(Cc3ccccc3Cl)C[C@@H]2C[C@@H]1n1cccn1. The molecule has 4 atom stereocenters. The number of carbonyl (C=O) groups is 1. The van der Waals surface area contributed by atoms with Crippen molar-refractivity contribution in [2.75, 3.05) is 33.8 Å². The summed E-state index contributed by atoms with van der Waals surface area (Å²) in [5.41, 5.74) is 1.18. The Labute approximate surface area is 177 Å². The molecule has 0 unspecified atom stereocenters. The van der Waals surface area contributed by atoms with E-state index in [1.165, 1.54) is 5.56 Å². The number of likely N-dealkylation sites (N-methyl/N-ethyl adjacent to an activating group) is 1. The Hall–Kier alpha value is -1.89. The molecule has 0 N–H and O–H groups in total. The Morgan fingerprint density at radius 1 is 1.21 bits per heavy atom. The first-order valence-corrected chi connectivity index (χ1v) is 10.7. The zero-order chi connectivity index (χ0) is 20.4. The average Bonchev–Trinajstić information content (AvgIpc) is 3.36. The van der Waals surface area contributed by atoms with Crippen molar-refractivity contribution in [2.45, 2.75) is 31.5 Å². The smallest absolute Gasteiger partial charge is 0.248 e. The lowest BCUT2D eigenvalue weighted by Crippen LogP contribution is -2.40. The summed E-state index contributed by atoms with van der Waals surface area (Å²) in [6.45, 7) is 3.11. The highest BCUT2D eigenvalue weighted by atomic mass is 35.5. The summed E-state index contributed by atoms with van der Waals surface area (Å²) >= 11 is 6.37. The molecular formula is C22H29ClN4O2. The minimum absolute atomic E-state index is 0.000290. The summed E-state index contributed by atoms with van der Waals surface area (Å²) in [5.74, 6) is 1.18. The van der Waals surface area contributed by atoms with Crippen LogP contribution in [0.15, 0.2) is 42.7 Å². The molecule has 2 fully saturated rings. The van der Waals surface area contributed by atoms with Gasteiger partial charge in [0.05, 0.1) is 12.1 Å². The van der Waals surface area contributed by atoms with Gasteiger partial charge in [0.25, 0.3) is 0 Å². The number of likely N-dealkylation sites (tertiary alicyclic amines) is 1. The van der Waals surface area contributed by atoms with E-state index in [0.717, 1.165) is 37.5 Å². The van der Waals surface area contributed by atoms with Crippen LogP contribution in [0.2, 0.25) is 5.02 Å². The van der Waals surface area contributed by atoms with Crippen molar-refractivity contribution < 1.29 is 9.53 Å².